The Morgan fingerprint density at radius 1 is 1.36 bits per heavy atom. The van der Waals surface area contributed by atoms with Crippen LogP contribution in [0.5, 0.6) is 0 Å². The Kier molecular flexibility index (Phi) is 3.53. The highest BCUT2D eigenvalue weighted by molar-refractivity contribution is 5.85. The number of likely N-dealkylation sites (tertiary alicyclic amines) is 1. The molecule has 0 aliphatic carbocycles. The Morgan fingerprint density at radius 2 is 2.00 bits per heavy atom. The zero-order chi connectivity index (χ0) is 10.8. The molecule has 0 radical (unpaired) electrons. The van der Waals surface area contributed by atoms with Crippen LogP contribution in [-0.4, -0.2) is 28.9 Å². The molecule has 1 unspecified atom stereocenters. The maximum atomic E-state index is 12.0. The highest BCUT2D eigenvalue weighted by atomic mass is 16.2. The molecule has 1 amide bonds. The fourth-order valence-electron chi connectivity index (χ4n) is 1.95. The number of rotatable bonds is 1. The molecule has 1 aliphatic rings. The van der Waals surface area contributed by atoms with Crippen LogP contribution in [0.4, 0.5) is 0 Å². The molecule has 1 saturated heterocycles. The minimum Gasteiger partial charge on any atom is -0.338 e. The summed E-state index contributed by atoms with van der Waals surface area (Å²) in [6.45, 7) is 6.56. The van der Waals surface area contributed by atoms with Crippen molar-refractivity contribution in [3.8, 4) is 0 Å². The van der Waals surface area contributed by atoms with Crippen LogP contribution in [0.1, 0.15) is 46.5 Å². The fraction of sp³-hybridized carbons (Fsp3) is 0.909. The Bertz CT molecular complexity index is 208. The van der Waals surface area contributed by atoms with Gasteiger partial charge < -0.3 is 10.6 Å². The van der Waals surface area contributed by atoms with Crippen LogP contribution in [-0.2, 0) is 4.79 Å². The topological polar surface area (TPSA) is 46.3 Å². The van der Waals surface area contributed by atoms with Gasteiger partial charge in [0.2, 0.25) is 5.91 Å². The minimum absolute atomic E-state index is 0.0897. The Labute approximate surface area is 86.6 Å². The summed E-state index contributed by atoms with van der Waals surface area (Å²) in [6, 6.07) is 0.354. The number of hydrogen-bond acceptors (Lipinski definition) is 2. The summed E-state index contributed by atoms with van der Waals surface area (Å²) in [6.07, 6.45) is 4.70. The van der Waals surface area contributed by atoms with Crippen molar-refractivity contribution in [1.29, 1.82) is 0 Å². The monoisotopic (exact) mass is 198 g/mol. The van der Waals surface area contributed by atoms with Crippen LogP contribution in [0.3, 0.4) is 0 Å². The molecule has 14 heavy (non-hydrogen) atoms. The fourth-order valence-corrected chi connectivity index (χ4v) is 1.95. The molecule has 1 atom stereocenters. The van der Waals surface area contributed by atoms with E-state index in [-0.39, 0.29) is 5.91 Å². The zero-order valence-corrected chi connectivity index (χ0v) is 9.55. The first-order valence-corrected chi connectivity index (χ1v) is 5.53. The van der Waals surface area contributed by atoms with Gasteiger partial charge in [-0.2, -0.15) is 0 Å². The predicted molar refractivity (Wildman–Crippen MR) is 57.9 cm³/mol. The van der Waals surface area contributed by atoms with E-state index in [2.05, 4.69) is 6.92 Å². The first-order chi connectivity index (χ1) is 6.43. The number of carbonyl (C=O) groups is 1. The van der Waals surface area contributed by atoms with Crippen molar-refractivity contribution >= 4 is 5.91 Å². The van der Waals surface area contributed by atoms with Gasteiger partial charge in [0.1, 0.15) is 0 Å². The summed E-state index contributed by atoms with van der Waals surface area (Å²) in [5.41, 5.74) is 5.11. The van der Waals surface area contributed by atoms with Crippen molar-refractivity contribution in [1.82, 2.24) is 4.90 Å². The maximum absolute atomic E-state index is 12.0. The molecule has 3 nitrogen and oxygen atoms in total. The number of hydrogen-bond donors (Lipinski definition) is 1. The molecule has 0 aromatic heterocycles. The molecule has 0 bridgehead atoms. The van der Waals surface area contributed by atoms with E-state index in [0.29, 0.717) is 6.04 Å². The van der Waals surface area contributed by atoms with Gasteiger partial charge in [-0.3, -0.25) is 4.79 Å². The summed E-state index contributed by atoms with van der Waals surface area (Å²) in [5.74, 6) is 0.0897. The van der Waals surface area contributed by atoms with E-state index < -0.39 is 5.54 Å². The molecule has 3 heteroatoms. The average Bonchev–Trinajstić information content (AvgIpc) is 2.27. The van der Waals surface area contributed by atoms with Gasteiger partial charge in [-0.25, -0.2) is 0 Å². The summed E-state index contributed by atoms with van der Waals surface area (Å²) < 4.78 is 0. The van der Waals surface area contributed by atoms with Crippen molar-refractivity contribution in [2.24, 2.45) is 5.73 Å². The van der Waals surface area contributed by atoms with Crippen LogP contribution in [0.15, 0.2) is 0 Å². The van der Waals surface area contributed by atoms with Gasteiger partial charge in [0.25, 0.3) is 0 Å². The van der Waals surface area contributed by atoms with E-state index in [1.165, 1.54) is 12.8 Å². The standard InChI is InChI=1S/C11H22N2O/c1-9-7-5-4-6-8-13(9)10(14)11(2,3)12/h9H,4-8,12H2,1-3H3. The lowest BCUT2D eigenvalue weighted by molar-refractivity contribution is -0.137. The van der Waals surface area contributed by atoms with Gasteiger partial charge in [-0.05, 0) is 33.6 Å². The molecule has 1 rings (SSSR count). The molecular weight excluding hydrogens is 176 g/mol. The lowest BCUT2D eigenvalue weighted by Crippen LogP contribution is -2.53. The van der Waals surface area contributed by atoms with Crippen LogP contribution in [0, 0.1) is 0 Å². The number of carbonyl (C=O) groups excluding carboxylic acids is 1. The van der Waals surface area contributed by atoms with Crippen LogP contribution in [0.25, 0.3) is 0 Å². The Hall–Kier alpha value is -0.570. The first kappa shape index (κ1) is 11.5. The third-order valence-corrected chi connectivity index (χ3v) is 2.87. The van der Waals surface area contributed by atoms with Crippen molar-refractivity contribution in [2.75, 3.05) is 6.54 Å². The summed E-state index contributed by atoms with van der Waals surface area (Å²) in [4.78, 5) is 13.9. The van der Waals surface area contributed by atoms with Crippen molar-refractivity contribution in [2.45, 2.75) is 58.0 Å². The maximum Gasteiger partial charge on any atom is 0.242 e. The Morgan fingerprint density at radius 3 is 2.57 bits per heavy atom. The average molecular weight is 198 g/mol. The normalized spacial score (nSPS) is 24.6. The van der Waals surface area contributed by atoms with Gasteiger partial charge in [0, 0.05) is 12.6 Å². The second kappa shape index (κ2) is 4.30. The van der Waals surface area contributed by atoms with Gasteiger partial charge in [-0.15, -0.1) is 0 Å². The van der Waals surface area contributed by atoms with Crippen molar-refractivity contribution < 1.29 is 4.79 Å². The summed E-state index contributed by atoms with van der Waals surface area (Å²) >= 11 is 0. The van der Waals surface area contributed by atoms with E-state index in [1.807, 2.05) is 4.90 Å². The third-order valence-electron chi connectivity index (χ3n) is 2.87. The second-order valence-corrected chi connectivity index (χ2v) is 4.92. The van der Waals surface area contributed by atoms with Crippen molar-refractivity contribution in [3.05, 3.63) is 0 Å². The SMILES string of the molecule is CC1CCCCCN1C(=O)C(C)(C)N. The molecule has 0 aromatic carbocycles. The smallest absolute Gasteiger partial charge is 0.242 e. The summed E-state index contributed by atoms with van der Waals surface area (Å²) in [7, 11) is 0. The van der Waals surface area contributed by atoms with E-state index in [1.54, 1.807) is 13.8 Å². The molecule has 0 aromatic rings. The molecule has 0 saturated carbocycles. The van der Waals surface area contributed by atoms with Gasteiger partial charge in [0.15, 0.2) is 0 Å². The largest absolute Gasteiger partial charge is 0.338 e. The van der Waals surface area contributed by atoms with E-state index in [0.717, 1.165) is 19.4 Å². The Balaban J connectivity index is 2.69. The van der Waals surface area contributed by atoms with Gasteiger partial charge in [-0.1, -0.05) is 12.8 Å². The van der Waals surface area contributed by atoms with Crippen LogP contribution < -0.4 is 5.73 Å². The number of amides is 1. The van der Waals surface area contributed by atoms with E-state index in [4.69, 9.17) is 5.73 Å². The molecule has 2 N–H and O–H groups in total. The molecule has 1 fully saturated rings. The molecular formula is C11H22N2O. The molecule has 1 aliphatic heterocycles. The van der Waals surface area contributed by atoms with Gasteiger partial charge in [0.05, 0.1) is 5.54 Å². The minimum atomic E-state index is -0.724. The van der Waals surface area contributed by atoms with Crippen LogP contribution >= 0.6 is 0 Å². The highest BCUT2D eigenvalue weighted by Gasteiger charge is 2.31. The quantitative estimate of drug-likeness (QED) is 0.694. The number of nitrogens with two attached hydrogens (primary N) is 1. The van der Waals surface area contributed by atoms with Crippen LogP contribution in [0.2, 0.25) is 0 Å². The molecule has 1 heterocycles. The van der Waals surface area contributed by atoms with Gasteiger partial charge >= 0.3 is 0 Å². The van der Waals surface area contributed by atoms with E-state index >= 15 is 0 Å². The van der Waals surface area contributed by atoms with Crippen molar-refractivity contribution in [3.63, 3.8) is 0 Å². The first-order valence-electron chi connectivity index (χ1n) is 5.53. The lowest BCUT2D eigenvalue weighted by Gasteiger charge is -2.32. The third kappa shape index (κ3) is 2.71. The molecule has 82 valence electrons. The van der Waals surface area contributed by atoms with E-state index in [9.17, 15) is 4.79 Å². The molecule has 0 spiro atoms. The zero-order valence-electron chi connectivity index (χ0n) is 9.55. The lowest BCUT2D eigenvalue weighted by atomic mass is 10.0. The number of nitrogens with zero attached hydrogens (tertiary/aromatic N) is 1. The summed E-state index contributed by atoms with van der Waals surface area (Å²) in [5, 5.41) is 0. The second-order valence-electron chi connectivity index (χ2n) is 4.92. The highest BCUT2D eigenvalue weighted by Crippen LogP contribution is 2.18. The predicted octanol–water partition coefficient (Wildman–Crippen LogP) is 1.51.